The number of piperazine rings is 1. The molecule has 0 bridgehead atoms. The number of aliphatic hydroxyl groups is 2. The van der Waals surface area contributed by atoms with E-state index in [-0.39, 0.29) is 13.2 Å². The zero-order chi connectivity index (χ0) is 24.0. The molecule has 2 aromatic rings. The quantitative estimate of drug-likeness (QED) is 0.573. The van der Waals surface area contributed by atoms with Gasteiger partial charge in [0, 0.05) is 38.8 Å². The summed E-state index contributed by atoms with van der Waals surface area (Å²) < 4.78 is 11.7. The Labute approximate surface area is 198 Å². The Morgan fingerprint density at radius 3 is 1.85 bits per heavy atom. The Morgan fingerprint density at radius 2 is 1.33 bits per heavy atom. The first kappa shape index (κ1) is 25.5. The molecule has 1 saturated heterocycles. The molecular weight excluding hydrogens is 416 g/mol. The Hall–Kier alpha value is -2.12. The second kappa shape index (κ2) is 11.8. The number of hydrogen-bond donors (Lipinski definition) is 2. The smallest absolute Gasteiger partial charge is 0.122 e. The van der Waals surface area contributed by atoms with Crippen LogP contribution in [0.2, 0.25) is 0 Å². The highest BCUT2D eigenvalue weighted by Gasteiger charge is 2.26. The largest absolute Gasteiger partial charge is 0.491 e. The minimum absolute atomic E-state index is 0.283. The van der Waals surface area contributed by atoms with Gasteiger partial charge in [-0.05, 0) is 69.0 Å². The van der Waals surface area contributed by atoms with Crippen LogP contribution in [-0.4, -0.2) is 84.2 Å². The molecule has 2 N–H and O–H groups in total. The summed E-state index contributed by atoms with van der Waals surface area (Å²) in [6, 6.07) is 12.5. The molecule has 3 unspecified atom stereocenters. The number of aryl methyl sites for hydroxylation is 4. The second-order valence-corrected chi connectivity index (χ2v) is 9.57. The van der Waals surface area contributed by atoms with E-state index in [0.717, 1.165) is 53.4 Å². The predicted molar refractivity (Wildman–Crippen MR) is 132 cm³/mol. The van der Waals surface area contributed by atoms with Crippen molar-refractivity contribution in [2.45, 2.75) is 52.9 Å². The Balaban J connectivity index is 1.39. The summed E-state index contributed by atoms with van der Waals surface area (Å²) in [7, 11) is 0. The molecule has 0 radical (unpaired) electrons. The van der Waals surface area contributed by atoms with Crippen molar-refractivity contribution in [3.63, 3.8) is 0 Å². The maximum absolute atomic E-state index is 10.5. The van der Waals surface area contributed by atoms with Gasteiger partial charge in [-0.2, -0.15) is 0 Å². The fraction of sp³-hybridized carbons (Fsp3) is 0.556. The Morgan fingerprint density at radius 1 is 0.818 bits per heavy atom. The van der Waals surface area contributed by atoms with Crippen LogP contribution in [0.4, 0.5) is 0 Å². The Bertz CT molecular complexity index is 904. The van der Waals surface area contributed by atoms with Crippen LogP contribution in [0.25, 0.3) is 0 Å². The summed E-state index contributed by atoms with van der Waals surface area (Å²) in [6.07, 6.45) is -1.09. The standard InChI is InChI=1S/C27H40N2O4/c1-19-6-8-21(3)26(12-19)32-17-24(30)15-28-10-11-29(23(5)14-28)16-25(31)18-33-27-13-20(2)7-9-22(27)4/h6-9,12-13,23-25,30-31H,10-11,14-18H2,1-5H3. The lowest BCUT2D eigenvalue weighted by atomic mass is 10.1. The molecule has 182 valence electrons. The number of hydrogen-bond acceptors (Lipinski definition) is 6. The third kappa shape index (κ3) is 7.71. The lowest BCUT2D eigenvalue weighted by molar-refractivity contribution is 0.00234. The summed E-state index contributed by atoms with van der Waals surface area (Å²) in [5.74, 6) is 1.67. The average Bonchev–Trinajstić information content (AvgIpc) is 2.77. The molecule has 0 amide bonds. The fourth-order valence-corrected chi connectivity index (χ4v) is 4.28. The van der Waals surface area contributed by atoms with Crippen molar-refractivity contribution < 1.29 is 19.7 Å². The lowest BCUT2D eigenvalue weighted by Crippen LogP contribution is -2.55. The molecule has 3 atom stereocenters. The number of ether oxygens (including phenoxy) is 2. The molecule has 1 aliphatic rings. The van der Waals surface area contributed by atoms with Gasteiger partial charge >= 0.3 is 0 Å². The molecular formula is C27H40N2O4. The van der Waals surface area contributed by atoms with Crippen LogP contribution in [0.3, 0.4) is 0 Å². The molecule has 1 aliphatic heterocycles. The monoisotopic (exact) mass is 456 g/mol. The maximum atomic E-state index is 10.5. The van der Waals surface area contributed by atoms with Crippen LogP contribution < -0.4 is 9.47 Å². The average molecular weight is 457 g/mol. The minimum Gasteiger partial charge on any atom is -0.491 e. The Kier molecular flexibility index (Phi) is 9.15. The highest BCUT2D eigenvalue weighted by Crippen LogP contribution is 2.21. The van der Waals surface area contributed by atoms with Gasteiger partial charge in [0.25, 0.3) is 0 Å². The van der Waals surface area contributed by atoms with E-state index < -0.39 is 12.2 Å². The number of aliphatic hydroxyl groups excluding tert-OH is 2. The number of β-amino-alcohol motifs (C(OH)–C–C–N with tert-alkyl or cyclic N) is 2. The third-order valence-electron chi connectivity index (χ3n) is 6.31. The lowest BCUT2D eigenvalue weighted by Gasteiger charge is -2.41. The van der Waals surface area contributed by atoms with E-state index in [1.165, 1.54) is 0 Å². The van der Waals surface area contributed by atoms with Crippen molar-refractivity contribution in [1.29, 1.82) is 0 Å². The van der Waals surface area contributed by atoms with Crippen LogP contribution >= 0.6 is 0 Å². The van der Waals surface area contributed by atoms with E-state index >= 15 is 0 Å². The van der Waals surface area contributed by atoms with Gasteiger partial charge in [-0.3, -0.25) is 9.80 Å². The van der Waals surface area contributed by atoms with Gasteiger partial charge in [-0.25, -0.2) is 0 Å². The van der Waals surface area contributed by atoms with E-state index in [9.17, 15) is 10.2 Å². The second-order valence-electron chi connectivity index (χ2n) is 9.57. The molecule has 0 spiro atoms. The highest BCUT2D eigenvalue weighted by molar-refractivity contribution is 5.36. The van der Waals surface area contributed by atoms with Crippen molar-refractivity contribution in [3.05, 3.63) is 58.7 Å². The number of benzene rings is 2. The van der Waals surface area contributed by atoms with Gasteiger partial charge in [-0.15, -0.1) is 0 Å². The molecule has 0 aliphatic carbocycles. The predicted octanol–water partition coefficient (Wildman–Crippen LogP) is 3.11. The van der Waals surface area contributed by atoms with Crippen LogP contribution in [-0.2, 0) is 0 Å². The summed E-state index contributed by atoms with van der Waals surface area (Å²) >= 11 is 0. The van der Waals surface area contributed by atoms with Crippen molar-refractivity contribution in [3.8, 4) is 11.5 Å². The van der Waals surface area contributed by atoms with Crippen molar-refractivity contribution in [1.82, 2.24) is 9.80 Å². The van der Waals surface area contributed by atoms with Gasteiger partial charge < -0.3 is 19.7 Å². The molecule has 0 aromatic heterocycles. The fourth-order valence-electron chi connectivity index (χ4n) is 4.28. The molecule has 6 nitrogen and oxygen atoms in total. The third-order valence-corrected chi connectivity index (χ3v) is 6.31. The number of rotatable bonds is 10. The zero-order valence-electron chi connectivity index (χ0n) is 20.8. The molecule has 1 fully saturated rings. The van der Waals surface area contributed by atoms with E-state index in [1.807, 2.05) is 52.0 Å². The van der Waals surface area contributed by atoms with Gasteiger partial charge in [-0.1, -0.05) is 24.3 Å². The molecule has 2 aromatic carbocycles. The first-order chi connectivity index (χ1) is 15.7. The van der Waals surface area contributed by atoms with E-state index in [2.05, 4.69) is 28.9 Å². The SMILES string of the molecule is Cc1ccc(C)c(OCC(O)CN2CCN(CC(O)COc3cc(C)ccc3C)C(C)C2)c1. The first-order valence-corrected chi connectivity index (χ1v) is 11.9. The van der Waals surface area contributed by atoms with Gasteiger partial charge in [0.15, 0.2) is 0 Å². The van der Waals surface area contributed by atoms with Crippen molar-refractivity contribution in [2.24, 2.45) is 0 Å². The topological polar surface area (TPSA) is 65.4 Å². The van der Waals surface area contributed by atoms with Crippen LogP contribution in [0, 0.1) is 27.7 Å². The first-order valence-electron chi connectivity index (χ1n) is 11.9. The summed E-state index contributed by atoms with van der Waals surface area (Å²) in [5.41, 5.74) is 4.46. The van der Waals surface area contributed by atoms with Crippen molar-refractivity contribution >= 4 is 0 Å². The molecule has 33 heavy (non-hydrogen) atoms. The van der Waals surface area contributed by atoms with Gasteiger partial charge in [0.1, 0.15) is 36.9 Å². The highest BCUT2D eigenvalue weighted by atomic mass is 16.5. The molecule has 3 rings (SSSR count). The summed E-state index contributed by atoms with van der Waals surface area (Å²) in [5, 5.41) is 21.0. The van der Waals surface area contributed by atoms with Gasteiger partial charge in [0.2, 0.25) is 0 Å². The zero-order valence-corrected chi connectivity index (χ0v) is 20.8. The summed E-state index contributed by atoms with van der Waals surface area (Å²) in [6.45, 7) is 14.6. The normalized spacial score (nSPS) is 19.3. The van der Waals surface area contributed by atoms with Gasteiger partial charge in [0.05, 0.1) is 0 Å². The minimum atomic E-state index is -0.546. The van der Waals surface area contributed by atoms with Crippen molar-refractivity contribution in [2.75, 3.05) is 45.9 Å². The molecule has 0 saturated carbocycles. The maximum Gasteiger partial charge on any atom is 0.122 e. The van der Waals surface area contributed by atoms with Crippen LogP contribution in [0.15, 0.2) is 36.4 Å². The van der Waals surface area contributed by atoms with E-state index in [0.29, 0.717) is 19.1 Å². The number of nitrogens with zero attached hydrogens (tertiary/aromatic N) is 2. The molecule has 6 heteroatoms. The van der Waals surface area contributed by atoms with E-state index in [4.69, 9.17) is 9.47 Å². The van der Waals surface area contributed by atoms with Crippen LogP contribution in [0.1, 0.15) is 29.2 Å². The van der Waals surface area contributed by atoms with E-state index in [1.54, 1.807) is 0 Å². The summed E-state index contributed by atoms with van der Waals surface area (Å²) in [4.78, 5) is 4.57. The molecule has 1 heterocycles. The van der Waals surface area contributed by atoms with Crippen LogP contribution in [0.5, 0.6) is 11.5 Å².